The van der Waals surface area contributed by atoms with E-state index in [0.717, 1.165) is 53.6 Å². The molecule has 0 bridgehead atoms. The van der Waals surface area contributed by atoms with E-state index in [1.165, 1.54) is 39.3 Å². The minimum Gasteiger partial charge on any atom is -0.253 e. The Balaban J connectivity index is 0.00000176. The van der Waals surface area contributed by atoms with Crippen LogP contribution in [0.15, 0.2) is 78.5 Å². The van der Waals surface area contributed by atoms with Crippen LogP contribution in [0.3, 0.4) is 0 Å². The predicted molar refractivity (Wildman–Crippen MR) is 159 cm³/mol. The van der Waals surface area contributed by atoms with Gasteiger partial charge < -0.3 is 0 Å². The van der Waals surface area contributed by atoms with Gasteiger partial charge in [0.25, 0.3) is 0 Å². The number of pyridine rings is 1. The summed E-state index contributed by atoms with van der Waals surface area (Å²) in [5, 5.41) is 1.08. The van der Waals surface area contributed by atoms with Crippen LogP contribution < -0.4 is 0 Å². The first-order valence-electron chi connectivity index (χ1n) is 13.4. The van der Waals surface area contributed by atoms with Crippen LogP contribution in [0.1, 0.15) is 80.8 Å². The van der Waals surface area contributed by atoms with Crippen molar-refractivity contribution in [2.75, 3.05) is 0 Å². The Kier molecular flexibility index (Phi) is 10.0. The van der Waals surface area contributed by atoms with Gasteiger partial charge in [0, 0.05) is 16.1 Å². The van der Waals surface area contributed by atoms with Crippen molar-refractivity contribution < 1.29 is 0 Å². The number of aromatic nitrogens is 2. The molecule has 36 heavy (non-hydrogen) atoms. The van der Waals surface area contributed by atoms with Gasteiger partial charge in [-0.25, -0.2) is 4.98 Å². The maximum atomic E-state index is 4.93. The maximum Gasteiger partial charge on any atom is 0.123 e. The third kappa shape index (κ3) is 6.91. The highest BCUT2D eigenvalue weighted by molar-refractivity contribution is 7.12. The number of hydrogen-bond donors (Lipinski definition) is 0. The van der Waals surface area contributed by atoms with Crippen molar-refractivity contribution in [3.63, 3.8) is 0 Å². The predicted octanol–water partition coefficient (Wildman–Crippen LogP) is 9.51. The van der Waals surface area contributed by atoms with E-state index in [4.69, 9.17) is 9.97 Å². The first-order valence-corrected chi connectivity index (χ1v) is 14.2. The number of hydrogen-bond acceptors (Lipinski definition) is 3. The van der Waals surface area contributed by atoms with E-state index >= 15 is 0 Å². The van der Waals surface area contributed by atoms with Gasteiger partial charge in [-0.1, -0.05) is 64.6 Å². The molecule has 0 saturated heterocycles. The summed E-state index contributed by atoms with van der Waals surface area (Å²) in [5.74, 6) is 1.14. The molecule has 3 heteroatoms. The van der Waals surface area contributed by atoms with Gasteiger partial charge in [0.05, 0.1) is 11.4 Å². The number of fused-ring (bicyclic) bond motifs is 1. The van der Waals surface area contributed by atoms with E-state index < -0.39 is 0 Å². The van der Waals surface area contributed by atoms with E-state index in [-0.39, 0.29) is 0 Å². The average Bonchev–Trinajstić information content (AvgIpc) is 3.31. The van der Waals surface area contributed by atoms with Gasteiger partial charge in [0.15, 0.2) is 0 Å². The fourth-order valence-electron chi connectivity index (χ4n) is 4.67. The van der Waals surface area contributed by atoms with Crippen LogP contribution in [0.2, 0.25) is 0 Å². The van der Waals surface area contributed by atoms with Crippen molar-refractivity contribution in [3.05, 3.63) is 105 Å². The van der Waals surface area contributed by atoms with Gasteiger partial charge in [0.2, 0.25) is 0 Å². The molecule has 0 saturated carbocycles. The molecule has 2 aromatic heterocycles. The van der Waals surface area contributed by atoms with Crippen molar-refractivity contribution >= 4 is 22.5 Å². The van der Waals surface area contributed by atoms with E-state index in [1.54, 1.807) is 0 Å². The molecular formula is C33H42N2S. The lowest BCUT2D eigenvalue weighted by Gasteiger charge is -2.18. The van der Waals surface area contributed by atoms with Crippen molar-refractivity contribution in [2.45, 2.75) is 73.6 Å². The Morgan fingerprint density at radius 3 is 2.75 bits per heavy atom. The van der Waals surface area contributed by atoms with Crippen LogP contribution in [0.4, 0.5) is 0 Å². The third-order valence-electron chi connectivity index (χ3n) is 6.82. The standard InChI is InChI=1S/C31H36N2S.C2H6/c1-7-20(2)16-27(28-13-8-10-23(5)32-28)24(6)26-12-9-11-25(19-26)18-22(4)31-33-29-15-14-21(3)17-30(29)34-31;1-2/h7-10,12-13,18-21H,1,4,11,14-17H2,2-3,5-6H3;1-2H3/b25-18+,27-24-;. The van der Waals surface area contributed by atoms with E-state index in [2.05, 4.69) is 83.4 Å². The normalized spacial score (nSPS) is 19.4. The van der Waals surface area contributed by atoms with Gasteiger partial charge in [0.1, 0.15) is 5.01 Å². The summed E-state index contributed by atoms with van der Waals surface area (Å²) < 4.78 is 0. The highest BCUT2D eigenvalue weighted by Crippen LogP contribution is 2.35. The molecule has 0 aromatic carbocycles. The van der Waals surface area contributed by atoms with Crippen LogP contribution in [0.25, 0.3) is 11.1 Å². The van der Waals surface area contributed by atoms with Gasteiger partial charge in [-0.3, -0.25) is 4.98 Å². The smallest absolute Gasteiger partial charge is 0.123 e. The second kappa shape index (κ2) is 13.0. The second-order valence-corrected chi connectivity index (χ2v) is 11.0. The summed E-state index contributed by atoms with van der Waals surface area (Å²) >= 11 is 1.83. The third-order valence-corrected chi connectivity index (χ3v) is 8.02. The fraction of sp³-hybridized carbons (Fsp3) is 0.394. The Morgan fingerprint density at radius 1 is 1.25 bits per heavy atom. The molecule has 2 unspecified atom stereocenters. The number of thiazole rings is 1. The molecule has 0 amide bonds. The SMILES string of the molecule is C=CC(C)C/C(=C(\C)C1=C/C(=C/C(=C)c2nc3c(s2)CC(C)CC3)CC=C1)c1cccc(C)n1.CC. The van der Waals surface area contributed by atoms with Crippen LogP contribution in [0.5, 0.6) is 0 Å². The Bertz CT molecular complexity index is 1220. The van der Waals surface area contributed by atoms with Crippen LogP contribution >= 0.6 is 11.3 Å². The largest absolute Gasteiger partial charge is 0.253 e. The zero-order chi connectivity index (χ0) is 26.2. The van der Waals surface area contributed by atoms with Crippen LogP contribution in [-0.4, -0.2) is 9.97 Å². The summed E-state index contributed by atoms with van der Waals surface area (Å²) in [6, 6.07) is 6.27. The van der Waals surface area contributed by atoms with E-state index in [9.17, 15) is 0 Å². The molecule has 4 rings (SSSR count). The highest BCUT2D eigenvalue weighted by Gasteiger charge is 2.20. The zero-order valence-corrected chi connectivity index (χ0v) is 23.8. The monoisotopic (exact) mass is 498 g/mol. The molecule has 0 fully saturated rings. The van der Waals surface area contributed by atoms with E-state index in [0.29, 0.717) is 5.92 Å². The lowest BCUT2D eigenvalue weighted by atomic mass is 9.88. The molecule has 190 valence electrons. The fourth-order valence-corrected chi connectivity index (χ4v) is 5.88. The first-order chi connectivity index (χ1) is 17.3. The van der Waals surface area contributed by atoms with Crippen molar-refractivity contribution in [1.82, 2.24) is 9.97 Å². The highest BCUT2D eigenvalue weighted by atomic mass is 32.1. The van der Waals surface area contributed by atoms with Gasteiger partial charge >= 0.3 is 0 Å². The molecule has 2 nitrogen and oxygen atoms in total. The van der Waals surface area contributed by atoms with Crippen molar-refractivity contribution in [1.29, 1.82) is 0 Å². The molecular weight excluding hydrogens is 456 g/mol. The Hall–Kier alpha value is -2.78. The minimum atomic E-state index is 0.383. The lowest BCUT2D eigenvalue weighted by Crippen LogP contribution is -2.09. The van der Waals surface area contributed by atoms with Gasteiger partial charge in [-0.05, 0) is 98.3 Å². The van der Waals surface area contributed by atoms with E-state index in [1.807, 2.05) is 31.3 Å². The molecule has 0 radical (unpaired) electrons. The molecule has 0 N–H and O–H groups in total. The number of rotatable bonds is 7. The Morgan fingerprint density at radius 2 is 2.03 bits per heavy atom. The zero-order valence-electron chi connectivity index (χ0n) is 23.0. The average molecular weight is 499 g/mol. The second-order valence-electron chi connectivity index (χ2n) is 9.87. The molecule has 2 heterocycles. The summed E-state index contributed by atoms with van der Waals surface area (Å²) in [4.78, 5) is 11.2. The lowest BCUT2D eigenvalue weighted by molar-refractivity contribution is 0.502. The summed E-state index contributed by atoms with van der Waals surface area (Å²) in [6.07, 6.45) is 16.4. The molecule has 2 aromatic rings. The number of nitrogens with zero attached hydrogens (tertiary/aromatic N) is 2. The minimum absolute atomic E-state index is 0.383. The quantitative estimate of drug-likeness (QED) is 0.355. The van der Waals surface area contributed by atoms with Crippen molar-refractivity contribution in [3.8, 4) is 0 Å². The van der Waals surface area contributed by atoms with Crippen LogP contribution in [0, 0.1) is 18.8 Å². The Labute approximate surface area is 223 Å². The number of allylic oxidation sites excluding steroid dienone is 10. The molecule has 2 aliphatic carbocycles. The van der Waals surface area contributed by atoms with Crippen molar-refractivity contribution in [2.24, 2.45) is 11.8 Å². The molecule has 0 aliphatic heterocycles. The molecule has 2 atom stereocenters. The molecule has 0 spiro atoms. The molecule has 2 aliphatic rings. The topological polar surface area (TPSA) is 25.8 Å². The first kappa shape index (κ1) is 27.8. The number of aryl methyl sites for hydroxylation is 2. The van der Waals surface area contributed by atoms with Gasteiger partial charge in [-0.2, -0.15) is 0 Å². The summed E-state index contributed by atoms with van der Waals surface area (Å²) in [5.41, 5.74) is 9.50. The van der Waals surface area contributed by atoms with Gasteiger partial charge in [-0.15, -0.1) is 17.9 Å². The summed E-state index contributed by atoms with van der Waals surface area (Å²) in [6.45, 7) is 21.2. The van der Waals surface area contributed by atoms with Crippen LogP contribution in [-0.2, 0) is 12.8 Å². The summed E-state index contributed by atoms with van der Waals surface area (Å²) in [7, 11) is 0. The maximum absolute atomic E-state index is 4.93.